The topological polar surface area (TPSA) is 51.0 Å². The zero-order valence-electron chi connectivity index (χ0n) is 7.14. The van der Waals surface area contributed by atoms with Crippen molar-refractivity contribution in [1.29, 1.82) is 0 Å². The van der Waals surface area contributed by atoms with E-state index >= 15 is 0 Å². The summed E-state index contributed by atoms with van der Waals surface area (Å²) in [4.78, 5) is 12.8. The van der Waals surface area contributed by atoms with Crippen molar-refractivity contribution in [3.63, 3.8) is 0 Å². The maximum atomic E-state index is 12.4. The summed E-state index contributed by atoms with van der Waals surface area (Å²) in [7, 11) is 1.68. The third kappa shape index (κ3) is 1.39. The number of carbonyl (C=O) groups excluding carboxylic acids is 1. The molecular formula is C7H9FN4O. The van der Waals surface area contributed by atoms with Gasteiger partial charge in [0, 0.05) is 7.05 Å². The standard InChI is InChI=1S/C7H9FN4O/c1-11-4-6(9-10-11)7(13)12-2-5(8)3-12/h4-5H,2-3H2,1H3. The highest BCUT2D eigenvalue weighted by molar-refractivity contribution is 5.92. The fraction of sp³-hybridized carbons (Fsp3) is 0.571. The first kappa shape index (κ1) is 8.15. The van der Waals surface area contributed by atoms with E-state index < -0.39 is 6.17 Å². The van der Waals surface area contributed by atoms with Crippen molar-refractivity contribution < 1.29 is 9.18 Å². The minimum Gasteiger partial charge on any atom is -0.331 e. The van der Waals surface area contributed by atoms with E-state index in [4.69, 9.17) is 0 Å². The van der Waals surface area contributed by atoms with Crippen molar-refractivity contribution in [3.05, 3.63) is 11.9 Å². The Balaban J connectivity index is 2.06. The average molecular weight is 184 g/mol. The van der Waals surface area contributed by atoms with E-state index in [2.05, 4.69) is 10.3 Å². The van der Waals surface area contributed by atoms with Crippen molar-refractivity contribution in [2.24, 2.45) is 7.05 Å². The predicted octanol–water partition coefficient (Wildman–Crippen LogP) is -0.391. The first-order valence-corrected chi connectivity index (χ1v) is 3.96. The normalized spacial score (nSPS) is 17.2. The number of carbonyl (C=O) groups is 1. The molecule has 1 fully saturated rings. The number of hydrogen-bond acceptors (Lipinski definition) is 3. The van der Waals surface area contributed by atoms with Crippen molar-refractivity contribution in [2.75, 3.05) is 13.1 Å². The Morgan fingerprint density at radius 3 is 2.85 bits per heavy atom. The number of alkyl halides is 1. The molecule has 0 spiro atoms. The molecule has 0 aromatic carbocycles. The quantitative estimate of drug-likeness (QED) is 0.597. The summed E-state index contributed by atoms with van der Waals surface area (Å²) in [5.74, 6) is -0.248. The molecule has 6 heteroatoms. The van der Waals surface area contributed by atoms with E-state index in [0.717, 1.165) is 0 Å². The lowest BCUT2D eigenvalue weighted by atomic mass is 10.2. The smallest absolute Gasteiger partial charge is 0.276 e. The van der Waals surface area contributed by atoms with Crippen molar-refractivity contribution in [1.82, 2.24) is 19.9 Å². The highest BCUT2D eigenvalue weighted by Gasteiger charge is 2.32. The maximum absolute atomic E-state index is 12.4. The third-order valence-electron chi connectivity index (χ3n) is 1.95. The molecule has 1 aliphatic rings. The molecule has 2 heterocycles. The van der Waals surface area contributed by atoms with Crippen molar-refractivity contribution >= 4 is 5.91 Å². The van der Waals surface area contributed by atoms with Gasteiger partial charge in [-0.1, -0.05) is 5.21 Å². The molecular weight excluding hydrogens is 175 g/mol. The Labute approximate surface area is 74.1 Å². The van der Waals surface area contributed by atoms with Crippen LogP contribution in [0.2, 0.25) is 0 Å². The molecule has 1 saturated heterocycles. The summed E-state index contributed by atoms with van der Waals surface area (Å²) in [5, 5.41) is 7.27. The fourth-order valence-electron chi connectivity index (χ4n) is 1.20. The van der Waals surface area contributed by atoms with E-state index in [-0.39, 0.29) is 24.7 Å². The van der Waals surface area contributed by atoms with Crippen LogP contribution in [-0.4, -0.2) is 45.1 Å². The van der Waals surface area contributed by atoms with E-state index in [0.29, 0.717) is 0 Å². The second-order valence-electron chi connectivity index (χ2n) is 3.08. The predicted molar refractivity (Wildman–Crippen MR) is 41.8 cm³/mol. The van der Waals surface area contributed by atoms with Gasteiger partial charge in [0.15, 0.2) is 5.69 Å². The zero-order valence-corrected chi connectivity index (χ0v) is 7.14. The zero-order chi connectivity index (χ0) is 9.42. The monoisotopic (exact) mass is 184 g/mol. The van der Waals surface area contributed by atoms with Crippen LogP contribution in [0.15, 0.2) is 6.20 Å². The van der Waals surface area contributed by atoms with Crippen LogP contribution in [0.1, 0.15) is 10.5 Å². The molecule has 0 saturated carbocycles. The SMILES string of the molecule is Cn1cc(C(=O)N2CC(F)C2)nn1. The summed E-state index contributed by atoms with van der Waals surface area (Å²) in [5.41, 5.74) is 0.273. The van der Waals surface area contributed by atoms with Crippen LogP contribution < -0.4 is 0 Å². The Bertz CT molecular complexity index is 331. The number of nitrogens with zero attached hydrogens (tertiary/aromatic N) is 4. The molecule has 5 nitrogen and oxygen atoms in total. The summed E-state index contributed by atoms with van der Waals surface area (Å²) >= 11 is 0. The van der Waals surface area contributed by atoms with Gasteiger partial charge in [0.1, 0.15) is 6.17 Å². The second kappa shape index (κ2) is 2.79. The number of rotatable bonds is 1. The summed E-state index contributed by atoms with van der Waals surface area (Å²) in [6.45, 7) is 0.352. The molecule has 1 amide bonds. The van der Waals surface area contributed by atoms with Gasteiger partial charge < -0.3 is 4.90 Å². The Kier molecular flexibility index (Phi) is 1.75. The first-order chi connectivity index (χ1) is 6.16. The lowest BCUT2D eigenvalue weighted by Gasteiger charge is -2.33. The number of amides is 1. The van der Waals surface area contributed by atoms with Crippen LogP contribution >= 0.6 is 0 Å². The number of hydrogen-bond donors (Lipinski definition) is 0. The minimum atomic E-state index is -0.874. The molecule has 70 valence electrons. The molecule has 0 unspecified atom stereocenters. The van der Waals surface area contributed by atoms with Crippen LogP contribution in [0.4, 0.5) is 4.39 Å². The van der Waals surface area contributed by atoms with Gasteiger partial charge in [0.25, 0.3) is 5.91 Å². The summed E-state index contributed by atoms with van der Waals surface area (Å²) < 4.78 is 13.9. The van der Waals surface area contributed by atoms with Gasteiger partial charge in [0.05, 0.1) is 19.3 Å². The van der Waals surface area contributed by atoms with Gasteiger partial charge in [-0.05, 0) is 0 Å². The second-order valence-corrected chi connectivity index (χ2v) is 3.08. The van der Waals surface area contributed by atoms with Gasteiger partial charge in [-0.25, -0.2) is 4.39 Å². The lowest BCUT2D eigenvalue weighted by Crippen LogP contribution is -2.51. The van der Waals surface area contributed by atoms with Gasteiger partial charge in [0.2, 0.25) is 0 Å². The fourth-order valence-corrected chi connectivity index (χ4v) is 1.20. The molecule has 0 bridgehead atoms. The number of likely N-dealkylation sites (tertiary alicyclic amines) is 1. The lowest BCUT2D eigenvalue weighted by molar-refractivity contribution is 0.0394. The van der Waals surface area contributed by atoms with Gasteiger partial charge >= 0.3 is 0 Å². The molecule has 0 N–H and O–H groups in total. The van der Waals surface area contributed by atoms with Crippen molar-refractivity contribution in [3.8, 4) is 0 Å². The van der Waals surface area contributed by atoms with Crippen LogP contribution in [0, 0.1) is 0 Å². The van der Waals surface area contributed by atoms with E-state index in [1.54, 1.807) is 7.05 Å². The highest BCUT2D eigenvalue weighted by Crippen LogP contribution is 2.13. The number of halogens is 1. The van der Waals surface area contributed by atoms with Crippen LogP contribution in [0.3, 0.4) is 0 Å². The molecule has 1 aromatic rings. The number of aryl methyl sites for hydroxylation is 1. The molecule has 2 rings (SSSR count). The van der Waals surface area contributed by atoms with Crippen LogP contribution in [0.5, 0.6) is 0 Å². The van der Waals surface area contributed by atoms with Crippen LogP contribution in [0.25, 0.3) is 0 Å². The third-order valence-corrected chi connectivity index (χ3v) is 1.95. The van der Waals surface area contributed by atoms with Crippen molar-refractivity contribution in [2.45, 2.75) is 6.17 Å². The maximum Gasteiger partial charge on any atom is 0.276 e. The minimum absolute atomic E-state index is 0.176. The Hall–Kier alpha value is -1.46. The molecule has 1 aliphatic heterocycles. The Morgan fingerprint density at radius 2 is 2.38 bits per heavy atom. The van der Waals surface area contributed by atoms with Gasteiger partial charge in [-0.15, -0.1) is 5.10 Å². The van der Waals surface area contributed by atoms with Gasteiger partial charge in [-0.3, -0.25) is 9.48 Å². The summed E-state index contributed by atoms with van der Waals surface area (Å²) in [6, 6.07) is 0. The van der Waals surface area contributed by atoms with E-state index in [1.807, 2.05) is 0 Å². The first-order valence-electron chi connectivity index (χ1n) is 3.96. The molecule has 13 heavy (non-hydrogen) atoms. The highest BCUT2D eigenvalue weighted by atomic mass is 19.1. The van der Waals surface area contributed by atoms with Gasteiger partial charge in [-0.2, -0.15) is 0 Å². The van der Waals surface area contributed by atoms with Crippen LogP contribution in [-0.2, 0) is 7.05 Å². The average Bonchev–Trinajstić information content (AvgIpc) is 2.45. The molecule has 0 atom stereocenters. The molecule has 0 aliphatic carbocycles. The molecule has 1 aromatic heterocycles. The number of aromatic nitrogens is 3. The largest absolute Gasteiger partial charge is 0.331 e. The van der Waals surface area contributed by atoms with E-state index in [9.17, 15) is 9.18 Å². The summed E-state index contributed by atoms with van der Waals surface area (Å²) in [6.07, 6.45) is 0.647. The van der Waals surface area contributed by atoms with E-state index in [1.165, 1.54) is 15.8 Å². The Morgan fingerprint density at radius 1 is 1.69 bits per heavy atom. The molecule has 0 radical (unpaired) electrons.